The fourth-order valence-corrected chi connectivity index (χ4v) is 1.14. The molecule has 0 aromatic carbocycles. The van der Waals surface area contributed by atoms with E-state index in [1.165, 1.54) is 20.8 Å². The Morgan fingerprint density at radius 2 is 2.22 bits per heavy atom. The van der Waals surface area contributed by atoms with Crippen molar-refractivity contribution in [3.8, 4) is 6.07 Å². The molecule has 0 bridgehead atoms. The number of halogens is 2. The lowest BCUT2D eigenvalue weighted by molar-refractivity contribution is 0.0473. The number of aromatic nitrogens is 1. The highest BCUT2D eigenvalue weighted by Gasteiger charge is 2.34. The Labute approximate surface area is 102 Å². The Morgan fingerprint density at radius 3 is 2.67 bits per heavy atom. The van der Waals surface area contributed by atoms with E-state index in [-0.39, 0.29) is 12.5 Å². The molecule has 0 aliphatic heterocycles. The molecule has 0 aliphatic rings. The number of nitrogens with zero attached hydrogens (tertiary/aromatic N) is 2. The van der Waals surface area contributed by atoms with Crippen molar-refractivity contribution in [1.82, 2.24) is 4.98 Å². The summed E-state index contributed by atoms with van der Waals surface area (Å²) in [6.45, 7) is 4.46. The highest BCUT2D eigenvalue weighted by molar-refractivity contribution is 5.87. The summed E-state index contributed by atoms with van der Waals surface area (Å²) in [5.74, 6) is -1.89. The minimum atomic E-state index is -2.98. The maximum Gasteiger partial charge on any atom is 0.376 e. The molecule has 98 valence electrons. The molecule has 1 heterocycles. The van der Waals surface area contributed by atoms with Gasteiger partial charge in [0.1, 0.15) is 5.41 Å². The van der Waals surface area contributed by atoms with Crippen LogP contribution in [0.3, 0.4) is 0 Å². The topological polar surface area (TPSA) is 76.1 Å². The van der Waals surface area contributed by atoms with Crippen LogP contribution in [0.5, 0.6) is 0 Å². The van der Waals surface area contributed by atoms with E-state index in [0.29, 0.717) is 0 Å². The van der Waals surface area contributed by atoms with E-state index in [1.54, 1.807) is 0 Å². The number of esters is 1. The van der Waals surface area contributed by atoms with Gasteiger partial charge in [-0.2, -0.15) is 5.26 Å². The first-order valence-electron chi connectivity index (χ1n) is 5.21. The quantitative estimate of drug-likeness (QED) is 0.776. The molecular formula is C11H12F2N2O3. The average molecular weight is 258 g/mol. The molecular weight excluding hydrogens is 246 g/mol. The van der Waals surface area contributed by atoms with Gasteiger partial charge in [-0.3, -0.25) is 0 Å². The van der Waals surface area contributed by atoms with Gasteiger partial charge in [0, 0.05) is 0 Å². The third-order valence-corrected chi connectivity index (χ3v) is 2.14. The predicted octanol–water partition coefficient (Wildman–Crippen LogP) is 2.59. The Morgan fingerprint density at radius 1 is 1.61 bits per heavy atom. The van der Waals surface area contributed by atoms with Gasteiger partial charge in [-0.1, -0.05) is 0 Å². The first-order chi connectivity index (χ1) is 8.33. The fourth-order valence-electron chi connectivity index (χ4n) is 1.14. The maximum atomic E-state index is 12.7. The Bertz CT molecular complexity index is 489. The lowest BCUT2D eigenvalue weighted by Crippen LogP contribution is -2.14. The van der Waals surface area contributed by atoms with E-state index in [2.05, 4.69) is 9.72 Å². The van der Waals surface area contributed by atoms with Crippen molar-refractivity contribution in [3.63, 3.8) is 0 Å². The Balaban J connectivity index is 3.26. The van der Waals surface area contributed by atoms with Crippen molar-refractivity contribution in [2.24, 2.45) is 0 Å². The number of nitriles is 1. The molecule has 0 fully saturated rings. The zero-order valence-corrected chi connectivity index (χ0v) is 10.2. The summed E-state index contributed by atoms with van der Waals surface area (Å²) in [4.78, 5) is 14.9. The van der Waals surface area contributed by atoms with Gasteiger partial charge in [0.05, 0.1) is 12.7 Å². The van der Waals surface area contributed by atoms with E-state index in [1.807, 2.05) is 6.07 Å². The molecule has 0 saturated heterocycles. The van der Waals surface area contributed by atoms with Crippen LogP contribution >= 0.6 is 0 Å². The summed E-state index contributed by atoms with van der Waals surface area (Å²) in [5, 5.41) is 8.87. The van der Waals surface area contributed by atoms with Crippen LogP contribution in [0, 0.1) is 11.3 Å². The second-order valence-corrected chi connectivity index (χ2v) is 3.99. The number of ether oxygens (including phenoxy) is 1. The van der Waals surface area contributed by atoms with E-state index >= 15 is 0 Å². The van der Waals surface area contributed by atoms with Crippen LogP contribution in [-0.4, -0.2) is 17.6 Å². The number of alkyl halides is 2. The highest BCUT2D eigenvalue weighted by Crippen LogP contribution is 2.29. The monoisotopic (exact) mass is 258 g/mol. The van der Waals surface area contributed by atoms with Crippen molar-refractivity contribution < 1.29 is 22.7 Å². The number of rotatable bonds is 4. The Kier molecular flexibility index (Phi) is 4.01. The third-order valence-electron chi connectivity index (χ3n) is 2.14. The van der Waals surface area contributed by atoms with Gasteiger partial charge >= 0.3 is 5.97 Å². The molecule has 0 N–H and O–H groups in total. The lowest BCUT2D eigenvalue weighted by Gasteiger charge is -2.08. The van der Waals surface area contributed by atoms with Crippen LogP contribution < -0.4 is 0 Å². The van der Waals surface area contributed by atoms with Crippen molar-refractivity contribution in [1.29, 1.82) is 5.26 Å². The molecule has 0 saturated carbocycles. The average Bonchev–Trinajstić information content (AvgIpc) is 2.75. The predicted molar refractivity (Wildman–Crippen MR) is 56.1 cm³/mol. The lowest BCUT2D eigenvalue weighted by atomic mass is 9.96. The van der Waals surface area contributed by atoms with Gasteiger partial charge in [-0.25, -0.2) is 18.6 Å². The van der Waals surface area contributed by atoms with E-state index < -0.39 is 29.3 Å². The second-order valence-electron chi connectivity index (χ2n) is 3.99. The minimum Gasteiger partial charge on any atom is -0.460 e. The second kappa shape index (κ2) is 5.12. The van der Waals surface area contributed by atoms with Gasteiger partial charge < -0.3 is 9.15 Å². The first kappa shape index (κ1) is 14.1. The SMILES string of the molecule is CCOC(=O)c1oc(C(C)(C)C#N)nc1C(F)F. The van der Waals surface area contributed by atoms with Gasteiger partial charge in [-0.05, 0) is 20.8 Å². The Hall–Kier alpha value is -1.97. The van der Waals surface area contributed by atoms with Crippen molar-refractivity contribution in [3.05, 3.63) is 17.3 Å². The largest absolute Gasteiger partial charge is 0.460 e. The number of carbonyl (C=O) groups excluding carboxylic acids is 1. The summed E-state index contributed by atoms with van der Waals surface area (Å²) in [6, 6.07) is 1.85. The molecule has 0 amide bonds. The first-order valence-corrected chi connectivity index (χ1v) is 5.21. The molecule has 5 nitrogen and oxygen atoms in total. The molecule has 1 aromatic rings. The van der Waals surface area contributed by atoms with Crippen molar-refractivity contribution in [2.75, 3.05) is 6.61 Å². The van der Waals surface area contributed by atoms with Gasteiger partial charge in [-0.15, -0.1) is 0 Å². The number of oxazole rings is 1. The molecule has 1 rings (SSSR count). The molecule has 7 heteroatoms. The standard InChI is InChI=1S/C11H12F2N2O3/c1-4-17-9(16)7-6(8(12)13)15-10(18-7)11(2,3)5-14/h8H,4H2,1-3H3. The smallest absolute Gasteiger partial charge is 0.376 e. The van der Waals surface area contributed by atoms with Crippen LogP contribution in [0.1, 0.15) is 49.3 Å². The molecule has 0 atom stereocenters. The summed E-state index contributed by atoms with van der Waals surface area (Å²) in [5.41, 5.74) is -2.00. The fraction of sp³-hybridized carbons (Fsp3) is 0.545. The zero-order valence-electron chi connectivity index (χ0n) is 10.2. The van der Waals surface area contributed by atoms with Crippen molar-refractivity contribution >= 4 is 5.97 Å². The number of hydrogen-bond donors (Lipinski definition) is 0. The molecule has 0 unspecified atom stereocenters. The summed E-state index contributed by atoms with van der Waals surface area (Å²) in [7, 11) is 0. The van der Waals surface area contributed by atoms with E-state index in [9.17, 15) is 13.6 Å². The maximum absolute atomic E-state index is 12.7. The van der Waals surface area contributed by atoms with Crippen LogP contribution in [-0.2, 0) is 10.2 Å². The van der Waals surface area contributed by atoms with Gasteiger partial charge in [0.15, 0.2) is 5.69 Å². The molecule has 18 heavy (non-hydrogen) atoms. The highest BCUT2D eigenvalue weighted by atomic mass is 19.3. The number of hydrogen-bond acceptors (Lipinski definition) is 5. The van der Waals surface area contributed by atoms with E-state index in [4.69, 9.17) is 9.68 Å². The van der Waals surface area contributed by atoms with Crippen LogP contribution in [0.4, 0.5) is 8.78 Å². The van der Waals surface area contributed by atoms with Gasteiger partial charge in [0.25, 0.3) is 6.43 Å². The normalized spacial score (nSPS) is 11.4. The molecule has 0 aliphatic carbocycles. The van der Waals surface area contributed by atoms with Gasteiger partial charge in [0.2, 0.25) is 11.7 Å². The molecule has 0 spiro atoms. The number of carbonyl (C=O) groups is 1. The van der Waals surface area contributed by atoms with Crippen LogP contribution in [0.15, 0.2) is 4.42 Å². The summed E-state index contributed by atoms with van der Waals surface area (Å²) >= 11 is 0. The van der Waals surface area contributed by atoms with E-state index in [0.717, 1.165) is 0 Å². The van der Waals surface area contributed by atoms with Crippen LogP contribution in [0.25, 0.3) is 0 Å². The summed E-state index contributed by atoms with van der Waals surface area (Å²) in [6.07, 6.45) is -2.98. The molecule has 0 radical (unpaired) electrons. The summed E-state index contributed by atoms with van der Waals surface area (Å²) < 4.78 is 35.0. The minimum absolute atomic E-state index is 0.0270. The zero-order chi connectivity index (χ0) is 13.9. The third kappa shape index (κ3) is 2.64. The van der Waals surface area contributed by atoms with Crippen LogP contribution in [0.2, 0.25) is 0 Å². The van der Waals surface area contributed by atoms with Crippen molar-refractivity contribution in [2.45, 2.75) is 32.6 Å². The molecule has 1 aromatic heterocycles.